The van der Waals surface area contributed by atoms with Crippen molar-refractivity contribution in [3.8, 4) is 5.75 Å². The maximum Gasteiger partial charge on any atom is 0.328 e. The normalized spacial score (nSPS) is 11.1. The van der Waals surface area contributed by atoms with Gasteiger partial charge in [-0.05, 0) is 37.6 Å². The fraction of sp³-hybridized carbons (Fsp3) is 0.357. The van der Waals surface area contributed by atoms with Crippen LogP contribution in [0, 0.1) is 0 Å². The van der Waals surface area contributed by atoms with Crippen LogP contribution in [0.15, 0.2) is 24.3 Å². The number of hydrogen-bond acceptors (Lipinski definition) is 3. The van der Waals surface area contributed by atoms with Crippen LogP contribution in [0.4, 0.5) is 0 Å². The zero-order chi connectivity index (χ0) is 13.5. The highest BCUT2D eigenvalue weighted by Crippen LogP contribution is 2.22. The molecule has 0 aliphatic carbocycles. The van der Waals surface area contributed by atoms with E-state index in [4.69, 9.17) is 14.6 Å². The molecule has 98 valence electrons. The molecule has 0 fully saturated rings. The van der Waals surface area contributed by atoms with Crippen molar-refractivity contribution >= 4 is 12.0 Å². The maximum absolute atomic E-state index is 10.5. The lowest BCUT2D eigenvalue weighted by Gasteiger charge is -2.12. The Bertz CT molecular complexity index is 435. The summed E-state index contributed by atoms with van der Waals surface area (Å²) >= 11 is 0. The smallest absolute Gasteiger partial charge is 0.328 e. The number of methoxy groups -OCH3 is 1. The van der Waals surface area contributed by atoms with Crippen molar-refractivity contribution in [1.29, 1.82) is 0 Å². The summed E-state index contributed by atoms with van der Waals surface area (Å²) in [7, 11) is 1.60. The third-order valence-corrected chi connectivity index (χ3v) is 2.29. The zero-order valence-electron chi connectivity index (χ0n) is 10.8. The third kappa shape index (κ3) is 4.59. The van der Waals surface area contributed by atoms with Gasteiger partial charge in [-0.3, -0.25) is 0 Å². The predicted octanol–water partition coefficient (Wildman–Crippen LogP) is 2.72. The molecule has 0 aliphatic heterocycles. The van der Waals surface area contributed by atoms with E-state index < -0.39 is 5.97 Å². The molecule has 4 nitrogen and oxygen atoms in total. The first-order valence-corrected chi connectivity index (χ1v) is 5.72. The molecule has 0 amide bonds. The molecular formula is C14H18O4. The standard InChI is InChI=1S/C14H18O4/c1-10(2)18-9-12-8-11(5-7-14(15)16)4-6-13(12)17-3/h4-8,10H,9H2,1-3H3,(H,15,16)/b7-5+. The average Bonchev–Trinajstić information content (AvgIpc) is 2.33. The molecular weight excluding hydrogens is 232 g/mol. The van der Waals surface area contributed by atoms with Gasteiger partial charge in [0.05, 0.1) is 19.8 Å². The minimum atomic E-state index is -0.967. The summed E-state index contributed by atoms with van der Waals surface area (Å²) in [6, 6.07) is 5.47. The van der Waals surface area contributed by atoms with E-state index in [1.54, 1.807) is 25.3 Å². The SMILES string of the molecule is COc1ccc(/C=C/C(=O)O)cc1COC(C)C. The Labute approximate surface area is 107 Å². The van der Waals surface area contributed by atoms with E-state index in [1.165, 1.54) is 0 Å². The molecule has 0 bridgehead atoms. The van der Waals surface area contributed by atoms with Gasteiger partial charge < -0.3 is 14.6 Å². The minimum absolute atomic E-state index is 0.132. The fourth-order valence-electron chi connectivity index (χ4n) is 1.44. The zero-order valence-corrected chi connectivity index (χ0v) is 10.8. The van der Waals surface area contributed by atoms with E-state index in [0.717, 1.165) is 23.0 Å². The van der Waals surface area contributed by atoms with Gasteiger partial charge in [-0.1, -0.05) is 6.07 Å². The van der Waals surface area contributed by atoms with Crippen LogP contribution in [-0.4, -0.2) is 24.3 Å². The highest BCUT2D eigenvalue weighted by atomic mass is 16.5. The molecule has 0 saturated carbocycles. The van der Waals surface area contributed by atoms with Crippen LogP contribution in [0.2, 0.25) is 0 Å². The molecule has 0 saturated heterocycles. The molecule has 18 heavy (non-hydrogen) atoms. The first-order chi connectivity index (χ1) is 8.52. The minimum Gasteiger partial charge on any atom is -0.496 e. The lowest BCUT2D eigenvalue weighted by molar-refractivity contribution is -0.131. The van der Waals surface area contributed by atoms with Crippen LogP contribution in [0.1, 0.15) is 25.0 Å². The molecule has 1 aromatic carbocycles. The molecule has 0 spiro atoms. The maximum atomic E-state index is 10.5. The molecule has 0 radical (unpaired) electrons. The van der Waals surface area contributed by atoms with Crippen molar-refractivity contribution < 1.29 is 19.4 Å². The largest absolute Gasteiger partial charge is 0.496 e. The molecule has 0 aliphatic rings. The Morgan fingerprint density at radius 2 is 2.17 bits per heavy atom. The van der Waals surface area contributed by atoms with Crippen molar-refractivity contribution in [1.82, 2.24) is 0 Å². The molecule has 0 atom stereocenters. The van der Waals surface area contributed by atoms with E-state index >= 15 is 0 Å². The topological polar surface area (TPSA) is 55.8 Å². The van der Waals surface area contributed by atoms with Gasteiger partial charge in [0, 0.05) is 11.6 Å². The van der Waals surface area contributed by atoms with Gasteiger partial charge in [0.1, 0.15) is 5.75 Å². The van der Waals surface area contributed by atoms with E-state index in [-0.39, 0.29) is 6.10 Å². The third-order valence-electron chi connectivity index (χ3n) is 2.29. The predicted molar refractivity (Wildman–Crippen MR) is 69.6 cm³/mol. The summed E-state index contributed by atoms with van der Waals surface area (Å²) in [5.74, 6) is -0.228. The first kappa shape index (κ1) is 14.3. The fourth-order valence-corrected chi connectivity index (χ4v) is 1.44. The Balaban J connectivity index is 2.90. The molecule has 4 heteroatoms. The van der Waals surface area contributed by atoms with Crippen LogP contribution in [0.3, 0.4) is 0 Å². The first-order valence-electron chi connectivity index (χ1n) is 5.72. The highest BCUT2D eigenvalue weighted by Gasteiger charge is 2.05. The Morgan fingerprint density at radius 1 is 1.44 bits per heavy atom. The molecule has 1 aromatic rings. The van der Waals surface area contributed by atoms with Crippen LogP contribution in [-0.2, 0) is 16.1 Å². The number of rotatable bonds is 6. The van der Waals surface area contributed by atoms with Gasteiger partial charge in [0.2, 0.25) is 0 Å². The molecule has 0 aromatic heterocycles. The second-order valence-corrected chi connectivity index (χ2v) is 4.10. The number of carbonyl (C=O) groups is 1. The summed E-state index contributed by atoms with van der Waals surface area (Å²) in [6.07, 6.45) is 2.78. The highest BCUT2D eigenvalue weighted by molar-refractivity contribution is 5.85. The second-order valence-electron chi connectivity index (χ2n) is 4.10. The van der Waals surface area contributed by atoms with Gasteiger partial charge in [0.15, 0.2) is 0 Å². The van der Waals surface area contributed by atoms with Crippen LogP contribution in [0.25, 0.3) is 6.08 Å². The monoisotopic (exact) mass is 250 g/mol. The quantitative estimate of drug-likeness (QED) is 0.789. The summed E-state index contributed by atoms with van der Waals surface area (Å²) < 4.78 is 10.8. The summed E-state index contributed by atoms with van der Waals surface area (Å²) in [5, 5.41) is 8.58. The number of benzene rings is 1. The van der Waals surface area contributed by atoms with Crippen LogP contribution >= 0.6 is 0 Å². The van der Waals surface area contributed by atoms with Gasteiger partial charge in [-0.15, -0.1) is 0 Å². The Kier molecular flexibility index (Phi) is 5.39. The number of hydrogen-bond donors (Lipinski definition) is 1. The van der Waals surface area contributed by atoms with E-state index in [0.29, 0.717) is 6.61 Å². The molecule has 1 rings (SSSR count). The lowest BCUT2D eigenvalue weighted by Crippen LogP contribution is -2.03. The summed E-state index contributed by atoms with van der Waals surface area (Å²) in [5.41, 5.74) is 1.71. The molecule has 1 N–H and O–H groups in total. The van der Waals surface area contributed by atoms with Gasteiger partial charge in [-0.2, -0.15) is 0 Å². The Hall–Kier alpha value is -1.81. The van der Waals surface area contributed by atoms with Crippen molar-refractivity contribution in [3.05, 3.63) is 35.4 Å². The Morgan fingerprint density at radius 3 is 2.72 bits per heavy atom. The van der Waals surface area contributed by atoms with Crippen molar-refractivity contribution in [3.63, 3.8) is 0 Å². The van der Waals surface area contributed by atoms with E-state index in [2.05, 4.69) is 0 Å². The van der Waals surface area contributed by atoms with Crippen LogP contribution < -0.4 is 4.74 Å². The second kappa shape index (κ2) is 6.81. The van der Waals surface area contributed by atoms with E-state index in [1.807, 2.05) is 19.9 Å². The molecule has 0 heterocycles. The average molecular weight is 250 g/mol. The van der Waals surface area contributed by atoms with Crippen molar-refractivity contribution in [2.45, 2.75) is 26.6 Å². The number of ether oxygens (including phenoxy) is 2. The lowest BCUT2D eigenvalue weighted by atomic mass is 10.1. The molecule has 0 unspecified atom stereocenters. The van der Waals surface area contributed by atoms with Gasteiger partial charge in [0.25, 0.3) is 0 Å². The van der Waals surface area contributed by atoms with Gasteiger partial charge in [-0.25, -0.2) is 4.79 Å². The summed E-state index contributed by atoms with van der Waals surface area (Å²) in [6.45, 7) is 4.36. The number of aliphatic carboxylic acids is 1. The van der Waals surface area contributed by atoms with Crippen LogP contribution in [0.5, 0.6) is 5.75 Å². The van der Waals surface area contributed by atoms with Gasteiger partial charge >= 0.3 is 5.97 Å². The number of carboxylic acids is 1. The number of carboxylic acid groups (broad SMARTS) is 1. The van der Waals surface area contributed by atoms with Crippen molar-refractivity contribution in [2.24, 2.45) is 0 Å². The summed E-state index contributed by atoms with van der Waals surface area (Å²) in [4.78, 5) is 10.5. The van der Waals surface area contributed by atoms with Crippen molar-refractivity contribution in [2.75, 3.05) is 7.11 Å². The van der Waals surface area contributed by atoms with E-state index in [9.17, 15) is 4.79 Å².